The number of benzene rings is 2. The molecular formula is C34H36O11. The maximum atomic E-state index is 13.7. The highest BCUT2D eigenvalue weighted by Crippen LogP contribution is 2.69. The van der Waals surface area contributed by atoms with Gasteiger partial charge < -0.3 is 34.6 Å². The summed E-state index contributed by atoms with van der Waals surface area (Å²) in [5, 5.41) is 46.7. The number of hydrogen-bond acceptors (Lipinski definition) is 10. The molecule has 1 heterocycles. The van der Waals surface area contributed by atoms with Gasteiger partial charge in [0.15, 0.2) is 6.10 Å². The summed E-state index contributed by atoms with van der Waals surface area (Å²) in [6, 6.07) is 15.9. The third-order valence-electron chi connectivity index (χ3n) is 11.1. The lowest BCUT2D eigenvalue weighted by Crippen LogP contribution is -2.82. The number of aliphatic hydroxyl groups excluding tert-OH is 1. The molecule has 1 aliphatic heterocycles. The fourth-order valence-electron chi connectivity index (χ4n) is 8.71. The van der Waals surface area contributed by atoms with Gasteiger partial charge in [0, 0.05) is 29.4 Å². The van der Waals surface area contributed by atoms with Crippen molar-refractivity contribution in [2.75, 3.05) is 0 Å². The van der Waals surface area contributed by atoms with Crippen LogP contribution in [0.3, 0.4) is 0 Å². The van der Waals surface area contributed by atoms with Crippen molar-refractivity contribution in [3.05, 3.63) is 83.4 Å². The van der Waals surface area contributed by atoms with Gasteiger partial charge in [-0.3, -0.25) is 4.79 Å². The van der Waals surface area contributed by atoms with Gasteiger partial charge in [0.2, 0.25) is 5.79 Å². The van der Waals surface area contributed by atoms with Crippen LogP contribution in [0.1, 0.15) is 60.7 Å². The summed E-state index contributed by atoms with van der Waals surface area (Å²) in [7, 11) is 0. The van der Waals surface area contributed by atoms with Gasteiger partial charge in [-0.05, 0) is 55.9 Å². The molecule has 0 spiro atoms. The SMILES string of the molecule is C[C@@H]1C2=CC(=O)O[C@]2(O)C[C@@H]2[C@@H]1[C@H](OC(=O)c1ccccc1)[C@H](OC(=O)c1ccccc1)[C@]1(O)[C@]2(C)CC[C@H](O)[C@@]1(C)C(=O)O. The summed E-state index contributed by atoms with van der Waals surface area (Å²) in [6.07, 6.45) is -3.89. The van der Waals surface area contributed by atoms with E-state index in [0.717, 1.165) is 0 Å². The number of fused-ring (bicyclic) bond motifs is 4. The van der Waals surface area contributed by atoms with Gasteiger partial charge in [-0.2, -0.15) is 0 Å². The van der Waals surface area contributed by atoms with E-state index in [2.05, 4.69) is 0 Å². The molecule has 4 N–H and O–H groups in total. The van der Waals surface area contributed by atoms with Crippen molar-refractivity contribution in [2.45, 2.75) is 69.7 Å². The number of carbonyl (C=O) groups is 4. The number of aliphatic carboxylic acids is 1. The molecule has 0 aromatic heterocycles. The van der Waals surface area contributed by atoms with Crippen molar-refractivity contribution >= 4 is 23.9 Å². The highest BCUT2D eigenvalue weighted by atomic mass is 16.7. The van der Waals surface area contributed by atoms with Gasteiger partial charge in [-0.25, -0.2) is 14.4 Å². The molecule has 0 radical (unpaired) electrons. The third-order valence-corrected chi connectivity index (χ3v) is 11.1. The molecule has 45 heavy (non-hydrogen) atoms. The van der Waals surface area contributed by atoms with E-state index in [1.807, 2.05) is 0 Å². The lowest BCUT2D eigenvalue weighted by molar-refractivity contribution is -0.339. The van der Waals surface area contributed by atoms with Crippen LogP contribution in [0.15, 0.2) is 72.3 Å². The Morgan fingerprint density at radius 3 is 2.02 bits per heavy atom. The van der Waals surface area contributed by atoms with Gasteiger partial charge in [0.05, 0.1) is 17.2 Å². The Morgan fingerprint density at radius 1 is 0.911 bits per heavy atom. The first kappa shape index (κ1) is 30.9. The van der Waals surface area contributed by atoms with E-state index in [4.69, 9.17) is 14.2 Å². The van der Waals surface area contributed by atoms with E-state index in [1.165, 1.54) is 37.3 Å². The van der Waals surface area contributed by atoms with E-state index in [9.17, 15) is 39.6 Å². The maximum absolute atomic E-state index is 13.7. The van der Waals surface area contributed by atoms with Crippen molar-refractivity contribution in [3.8, 4) is 0 Å². The Labute approximate surface area is 259 Å². The number of carbonyl (C=O) groups excluding carboxylic acids is 3. The van der Waals surface area contributed by atoms with Crippen molar-refractivity contribution in [3.63, 3.8) is 0 Å². The molecule has 3 aliphatic carbocycles. The summed E-state index contributed by atoms with van der Waals surface area (Å²) in [6.45, 7) is 4.55. The number of hydrogen-bond donors (Lipinski definition) is 4. The molecule has 0 amide bonds. The Balaban J connectivity index is 1.59. The molecule has 3 fully saturated rings. The molecule has 2 aromatic rings. The summed E-state index contributed by atoms with van der Waals surface area (Å²) in [5.74, 6) is -8.41. The van der Waals surface area contributed by atoms with E-state index >= 15 is 0 Å². The Kier molecular flexibility index (Phi) is 7.22. The minimum Gasteiger partial charge on any atom is -0.481 e. The highest BCUT2D eigenvalue weighted by Gasteiger charge is 2.80. The number of ether oxygens (including phenoxy) is 3. The van der Waals surface area contributed by atoms with Crippen molar-refractivity contribution in [2.24, 2.45) is 28.6 Å². The van der Waals surface area contributed by atoms with E-state index < -0.39 is 82.2 Å². The predicted molar refractivity (Wildman–Crippen MR) is 155 cm³/mol. The zero-order valence-electron chi connectivity index (χ0n) is 25.1. The average Bonchev–Trinajstić information content (AvgIpc) is 3.34. The molecule has 10 atom stereocenters. The van der Waals surface area contributed by atoms with Gasteiger partial charge >= 0.3 is 23.9 Å². The Morgan fingerprint density at radius 2 is 1.47 bits per heavy atom. The van der Waals surface area contributed by atoms with E-state index in [-0.39, 0.29) is 36.0 Å². The molecule has 2 aromatic carbocycles. The predicted octanol–water partition coefficient (Wildman–Crippen LogP) is 2.88. The summed E-state index contributed by atoms with van der Waals surface area (Å²) < 4.78 is 17.6. The van der Waals surface area contributed by atoms with Crippen LogP contribution in [0.5, 0.6) is 0 Å². The van der Waals surface area contributed by atoms with Crippen LogP contribution in [0.2, 0.25) is 0 Å². The van der Waals surface area contributed by atoms with Gasteiger partial charge in [-0.1, -0.05) is 50.2 Å². The fourth-order valence-corrected chi connectivity index (χ4v) is 8.71. The minimum absolute atomic E-state index is 0.0338. The molecule has 0 unspecified atom stereocenters. The van der Waals surface area contributed by atoms with Crippen molar-refractivity contribution < 1.29 is 53.8 Å². The number of aliphatic hydroxyl groups is 3. The second kappa shape index (κ2) is 10.5. The molecule has 11 nitrogen and oxygen atoms in total. The average molecular weight is 621 g/mol. The second-order valence-electron chi connectivity index (χ2n) is 13.2. The second-order valence-corrected chi connectivity index (χ2v) is 13.2. The standard InChI is InChI=1S/C34H36O11/c1-18-21-16-24(36)45-33(21,41)17-22-25(18)26(43-28(37)19-10-6-4-7-11-19)27(44-29(38)20-12-8-5-9-13-20)34(42)31(22,2)15-14-23(35)32(34,3)30(39)40/h4-13,16,18,22-23,25-27,35,41-42H,14-15,17H2,1-3H3,(H,39,40)/t18-,22-,23+,25-,26+,27+,31-,32+,33-,34+/m1/s1. The Bertz CT molecular complexity index is 1570. The van der Waals surface area contributed by atoms with Crippen LogP contribution in [0.25, 0.3) is 0 Å². The van der Waals surface area contributed by atoms with Gasteiger partial charge in [0.1, 0.15) is 17.1 Å². The van der Waals surface area contributed by atoms with Gasteiger partial charge in [-0.15, -0.1) is 0 Å². The number of carboxylic acids is 1. The summed E-state index contributed by atoms with van der Waals surface area (Å²) >= 11 is 0. The number of rotatable bonds is 5. The van der Waals surface area contributed by atoms with E-state index in [0.29, 0.717) is 0 Å². The molecule has 3 saturated carbocycles. The smallest absolute Gasteiger partial charge is 0.338 e. The van der Waals surface area contributed by atoms with Crippen molar-refractivity contribution in [1.82, 2.24) is 0 Å². The highest BCUT2D eigenvalue weighted by molar-refractivity contribution is 5.91. The molecule has 4 aliphatic rings. The summed E-state index contributed by atoms with van der Waals surface area (Å²) in [5.41, 5.74) is -5.85. The fraction of sp³-hybridized carbons (Fsp3) is 0.471. The first-order chi connectivity index (χ1) is 21.2. The normalized spacial score (nSPS) is 40.1. The molecular weight excluding hydrogens is 584 g/mol. The molecule has 11 heteroatoms. The molecule has 0 bridgehead atoms. The minimum atomic E-state index is -2.56. The molecule has 238 valence electrons. The zero-order chi connectivity index (χ0) is 32.5. The van der Waals surface area contributed by atoms with Crippen LogP contribution < -0.4 is 0 Å². The van der Waals surface area contributed by atoms with Crippen LogP contribution in [-0.4, -0.2) is 74.0 Å². The zero-order valence-corrected chi connectivity index (χ0v) is 25.1. The topological polar surface area (TPSA) is 177 Å². The largest absolute Gasteiger partial charge is 0.481 e. The van der Waals surface area contributed by atoms with Crippen LogP contribution in [0, 0.1) is 28.6 Å². The quantitative estimate of drug-likeness (QED) is 0.286. The molecule has 0 saturated heterocycles. The maximum Gasteiger partial charge on any atom is 0.338 e. The lowest BCUT2D eigenvalue weighted by atomic mass is 9.38. The van der Waals surface area contributed by atoms with Crippen molar-refractivity contribution in [1.29, 1.82) is 0 Å². The van der Waals surface area contributed by atoms with E-state index in [1.54, 1.807) is 50.2 Å². The summed E-state index contributed by atoms with van der Waals surface area (Å²) in [4.78, 5) is 53.0. The monoisotopic (exact) mass is 620 g/mol. The molecule has 6 rings (SSSR count). The van der Waals surface area contributed by atoms with Crippen LogP contribution >= 0.6 is 0 Å². The van der Waals surface area contributed by atoms with Crippen LogP contribution in [-0.2, 0) is 23.8 Å². The first-order valence-corrected chi connectivity index (χ1v) is 15.0. The number of carboxylic acid groups (broad SMARTS) is 1. The van der Waals surface area contributed by atoms with Crippen LogP contribution in [0.4, 0.5) is 0 Å². The lowest BCUT2D eigenvalue weighted by Gasteiger charge is -2.69. The first-order valence-electron chi connectivity index (χ1n) is 15.0. The third kappa shape index (κ3) is 4.28. The van der Waals surface area contributed by atoms with Gasteiger partial charge in [0.25, 0.3) is 0 Å². The Hall–Kier alpha value is -4.06. The number of esters is 3.